The summed E-state index contributed by atoms with van der Waals surface area (Å²) >= 11 is 1.60. The molecule has 0 radical (unpaired) electrons. The van der Waals surface area contributed by atoms with Gasteiger partial charge in [-0.1, -0.05) is 0 Å². The van der Waals surface area contributed by atoms with Crippen molar-refractivity contribution in [1.29, 1.82) is 5.26 Å². The van der Waals surface area contributed by atoms with Crippen molar-refractivity contribution < 1.29 is 4.74 Å². The Morgan fingerprint density at radius 2 is 2.05 bits per heavy atom. The Labute approximate surface area is 117 Å². The highest BCUT2D eigenvalue weighted by atomic mass is 32.1. The van der Waals surface area contributed by atoms with E-state index in [1.807, 2.05) is 49.6 Å². The van der Waals surface area contributed by atoms with Crippen LogP contribution < -0.4 is 10.1 Å². The standard InChI is InChI=1S/C15H16N2OS/c1-11(2)18-14-5-3-13(4-6-14)17-9-15-7-12(8-16)10-19-15/h3-7,10-11,17H,9H2,1-2H3. The molecule has 1 N–H and O–H groups in total. The van der Waals surface area contributed by atoms with Crippen molar-refractivity contribution in [3.63, 3.8) is 0 Å². The summed E-state index contributed by atoms with van der Waals surface area (Å²) in [6.45, 7) is 4.75. The fourth-order valence-electron chi connectivity index (χ4n) is 1.64. The molecule has 0 bridgehead atoms. The fraction of sp³-hybridized carbons (Fsp3) is 0.267. The number of hydrogen-bond donors (Lipinski definition) is 1. The van der Waals surface area contributed by atoms with Gasteiger partial charge in [-0.05, 0) is 44.2 Å². The van der Waals surface area contributed by atoms with Crippen molar-refractivity contribution in [2.75, 3.05) is 5.32 Å². The predicted molar refractivity (Wildman–Crippen MR) is 78.6 cm³/mol. The summed E-state index contributed by atoms with van der Waals surface area (Å²) < 4.78 is 5.59. The van der Waals surface area contributed by atoms with Crippen LogP contribution in [0.1, 0.15) is 24.3 Å². The van der Waals surface area contributed by atoms with Gasteiger partial charge in [0.2, 0.25) is 0 Å². The number of ether oxygens (including phenoxy) is 1. The maximum absolute atomic E-state index is 8.76. The molecule has 98 valence electrons. The Hall–Kier alpha value is -1.99. The van der Waals surface area contributed by atoms with Crippen molar-refractivity contribution in [1.82, 2.24) is 0 Å². The summed E-state index contributed by atoms with van der Waals surface area (Å²) in [6, 6.07) is 12.0. The van der Waals surface area contributed by atoms with Crippen LogP contribution in [0, 0.1) is 11.3 Å². The zero-order chi connectivity index (χ0) is 13.7. The van der Waals surface area contributed by atoms with Crippen LogP contribution in [0.25, 0.3) is 0 Å². The summed E-state index contributed by atoms with van der Waals surface area (Å²) in [7, 11) is 0. The quantitative estimate of drug-likeness (QED) is 0.894. The van der Waals surface area contributed by atoms with Gasteiger partial charge in [-0.3, -0.25) is 0 Å². The van der Waals surface area contributed by atoms with Gasteiger partial charge in [-0.2, -0.15) is 5.26 Å². The third-order valence-corrected chi connectivity index (χ3v) is 3.41. The second kappa shape index (κ2) is 6.26. The highest BCUT2D eigenvalue weighted by Gasteiger charge is 2.00. The van der Waals surface area contributed by atoms with E-state index in [9.17, 15) is 0 Å². The minimum absolute atomic E-state index is 0.189. The van der Waals surface area contributed by atoms with Crippen LogP contribution in [-0.4, -0.2) is 6.10 Å². The molecule has 0 unspecified atom stereocenters. The van der Waals surface area contributed by atoms with Gasteiger partial charge >= 0.3 is 0 Å². The number of anilines is 1. The van der Waals surface area contributed by atoms with E-state index >= 15 is 0 Å². The van der Waals surface area contributed by atoms with E-state index in [1.165, 1.54) is 0 Å². The van der Waals surface area contributed by atoms with Gasteiger partial charge in [-0.15, -0.1) is 11.3 Å². The van der Waals surface area contributed by atoms with Crippen LogP contribution >= 0.6 is 11.3 Å². The highest BCUT2D eigenvalue weighted by Crippen LogP contribution is 2.19. The molecular formula is C15H16N2OS. The number of nitrogens with zero attached hydrogens (tertiary/aromatic N) is 1. The van der Waals surface area contributed by atoms with E-state index in [0.717, 1.165) is 28.4 Å². The zero-order valence-electron chi connectivity index (χ0n) is 11.0. The van der Waals surface area contributed by atoms with Crippen LogP contribution in [0.2, 0.25) is 0 Å². The van der Waals surface area contributed by atoms with E-state index in [-0.39, 0.29) is 6.10 Å². The van der Waals surface area contributed by atoms with Gasteiger partial charge in [-0.25, -0.2) is 0 Å². The number of thiophene rings is 1. The van der Waals surface area contributed by atoms with Gasteiger partial charge < -0.3 is 10.1 Å². The number of hydrogen-bond acceptors (Lipinski definition) is 4. The average Bonchev–Trinajstić information content (AvgIpc) is 2.85. The van der Waals surface area contributed by atoms with Gasteiger partial charge in [0, 0.05) is 22.5 Å². The molecule has 3 nitrogen and oxygen atoms in total. The van der Waals surface area contributed by atoms with Crippen LogP contribution in [0.15, 0.2) is 35.7 Å². The molecule has 0 aliphatic rings. The van der Waals surface area contributed by atoms with Crippen molar-refractivity contribution in [3.8, 4) is 11.8 Å². The van der Waals surface area contributed by atoms with Crippen LogP contribution in [0.4, 0.5) is 5.69 Å². The molecule has 0 atom stereocenters. The van der Waals surface area contributed by atoms with Crippen LogP contribution in [0.5, 0.6) is 5.75 Å². The summed E-state index contributed by atoms with van der Waals surface area (Å²) in [5.41, 5.74) is 1.77. The Bertz CT molecular complexity index is 567. The van der Waals surface area contributed by atoms with E-state index in [0.29, 0.717) is 0 Å². The van der Waals surface area contributed by atoms with E-state index in [4.69, 9.17) is 10.00 Å². The minimum atomic E-state index is 0.189. The smallest absolute Gasteiger partial charge is 0.119 e. The molecule has 0 aliphatic heterocycles. The number of rotatable bonds is 5. The lowest BCUT2D eigenvalue weighted by Gasteiger charge is -2.10. The molecule has 2 rings (SSSR count). The lowest BCUT2D eigenvalue weighted by molar-refractivity contribution is 0.242. The maximum atomic E-state index is 8.76. The largest absolute Gasteiger partial charge is 0.491 e. The van der Waals surface area contributed by atoms with Gasteiger partial charge in [0.25, 0.3) is 0 Å². The first-order valence-electron chi connectivity index (χ1n) is 6.15. The SMILES string of the molecule is CC(C)Oc1ccc(NCc2cc(C#N)cs2)cc1. The molecule has 0 aliphatic carbocycles. The Kier molecular flexibility index (Phi) is 4.43. The molecule has 0 amide bonds. The molecule has 4 heteroatoms. The first-order valence-corrected chi connectivity index (χ1v) is 7.03. The fourth-order valence-corrected chi connectivity index (χ4v) is 2.39. The Morgan fingerprint density at radius 3 is 2.63 bits per heavy atom. The lowest BCUT2D eigenvalue weighted by Crippen LogP contribution is -2.05. The van der Waals surface area contributed by atoms with Crippen molar-refractivity contribution in [2.45, 2.75) is 26.5 Å². The van der Waals surface area contributed by atoms with E-state index < -0.39 is 0 Å². The minimum Gasteiger partial charge on any atom is -0.491 e. The molecule has 0 fully saturated rings. The van der Waals surface area contributed by atoms with Crippen molar-refractivity contribution in [2.24, 2.45) is 0 Å². The van der Waals surface area contributed by atoms with Crippen molar-refractivity contribution >= 4 is 17.0 Å². The second-order valence-corrected chi connectivity index (χ2v) is 5.45. The number of nitrogens with one attached hydrogen (secondary N) is 1. The lowest BCUT2D eigenvalue weighted by atomic mass is 10.3. The number of nitriles is 1. The average molecular weight is 272 g/mol. The highest BCUT2D eigenvalue weighted by molar-refractivity contribution is 7.10. The van der Waals surface area contributed by atoms with Gasteiger partial charge in [0.15, 0.2) is 0 Å². The summed E-state index contributed by atoms with van der Waals surface area (Å²) in [4.78, 5) is 1.15. The van der Waals surface area contributed by atoms with Crippen molar-refractivity contribution in [3.05, 3.63) is 46.2 Å². The predicted octanol–water partition coefficient (Wildman–Crippen LogP) is 4.02. The molecule has 2 aromatic rings. The molecule has 1 aromatic heterocycles. The monoisotopic (exact) mass is 272 g/mol. The van der Waals surface area contributed by atoms with Crippen LogP contribution in [0.3, 0.4) is 0 Å². The summed E-state index contributed by atoms with van der Waals surface area (Å²) in [6.07, 6.45) is 0.189. The summed E-state index contributed by atoms with van der Waals surface area (Å²) in [5, 5.41) is 14.0. The molecular weight excluding hydrogens is 256 g/mol. The molecule has 19 heavy (non-hydrogen) atoms. The van der Waals surface area contributed by atoms with Crippen LogP contribution in [-0.2, 0) is 6.54 Å². The molecule has 1 aromatic carbocycles. The first-order chi connectivity index (χ1) is 9.17. The van der Waals surface area contributed by atoms with E-state index in [2.05, 4.69) is 11.4 Å². The first kappa shape index (κ1) is 13.4. The molecule has 1 heterocycles. The molecule has 0 saturated heterocycles. The zero-order valence-corrected chi connectivity index (χ0v) is 11.8. The second-order valence-electron chi connectivity index (χ2n) is 4.46. The Balaban J connectivity index is 1.91. The van der Waals surface area contributed by atoms with Gasteiger partial charge in [0.1, 0.15) is 11.8 Å². The number of benzene rings is 1. The molecule has 0 saturated carbocycles. The molecule has 0 spiro atoms. The normalized spacial score (nSPS) is 10.2. The maximum Gasteiger partial charge on any atom is 0.119 e. The third kappa shape index (κ3) is 4.01. The topological polar surface area (TPSA) is 45.0 Å². The third-order valence-electron chi connectivity index (χ3n) is 2.48. The van der Waals surface area contributed by atoms with E-state index in [1.54, 1.807) is 11.3 Å². The van der Waals surface area contributed by atoms with Gasteiger partial charge in [0.05, 0.1) is 11.7 Å². The Morgan fingerprint density at radius 1 is 1.32 bits per heavy atom. The summed E-state index contributed by atoms with van der Waals surface area (Å²) in [5.74, 6) is 0.878.